The van der Waals surface area contributed by atoms with E-state index in [1.807, 2.05) is 29.1 Å². The van der Waals surface area contributed by atoms with Crippen molar-refractivity contribution in [2.24, 2.45) is 0 Å². The Bertz CT molecular complexity index is 1100. The third-order valence-electron chi connectivity index (χ3n) is 4.33. The van der Waals surface area contributed by atoms with Gasteiger partial charge in [-0.25, -0.2) is 9.37 Å². The highest BCUT2D eigenvalue weighted by molar-refractivity contribution is 5.60. The predicted octanol–water partition coefficient (Wildman–Crippen LogP) is 3.54. The fraction of sp³-hybridized carbons (Fsp3) is 0.143. The van der Waals surface area contributed by atoms with Crippen LogP contribution in [0.2, 0.25) is 0 Å². The number of hydrogen-bond donors (Lipinski definition) is 1. The number of anilines is 1. The molecule has 0 bridgehead atoms. The van der Waals surface area contributed by atoms with Gasteiger partial charge in [-0.15, -0.1) is 5.10 Å². The Morgan fingerprint density at radius 2 is 1.93 bits per heavy atom. The van der Waals surface area contributed by atoms with Crippen LogP contribution in [0.1, 0.15) is 11.1 Å². The van der Waals surface area contributed by atoms with E-state index in [0.717, 1.165) is 5.56 Å². The molecule has 29 heavy (non-hydrogen) atoms. The van der Waals surface area contributed by atoms with Gasteiger partial charge in [0.25, 0.3) is 0 Å². The number of ether oxygens (including phenoxy) is 1. The predicted molar refractivity (Wildman–Crippen MR) is 107 cm³/mol. The first-order valence-electron chi connectivity index (χ1n) is 9.04. The van der Waals surface area contributed by atoms with Crippen molar-refractivity contribution in [3.8, 4) is 17.0 Å². The SMILES string of the molecule is COc1ccc(-c2cnnc(NCc3cnn(Cc4ccccc4)c3)n2)cc1F. The Morgan fingerprint density at radius 3 is 2.72 bits per heavy atom. The average Bonchev–Trinajstić information content (AvgIpc) is 3.20. The van der Waals surface area contributed by atoms with Crippen molar-refractivity contribution in [2.75, 3.05) is 12.4 Å². The highest BCUT2D eigenvalue weighted by atomic mass is 19.1. The number of nitrogens with zero attached hydrogens (tertiary/aromatic N) is 5. The number of halogens is 1. The van der Waals surface area contributed by atoms with E-state index in [4.69, 9.17) is 4.74 Å². The van der Waals surface area contributed by atoms with Gasteiger partial charge in [0, 0.05) is 23.9 Å². The molecule has 0 aliphatic heterocycles. The van der Waals surface area contributed by atoms with Crippen LogP contribution in [0.3, 0.4) is 0 Å². The van der Waals surface area contributed by atoms with Gasteiger partial charge in [0.05, 0.1) is 31.7 Å². The zero-order valence-electron chi connectivity index (χ0n) is 15.8. The molecule has 0 aliphatic carbocycles. The second-order valence-corrected chi connectivity index (χ2v) is 6.40. The molecule has 0 fully saturated rings. The lowest BCUT2D eigenvalue weighted by atomic mass is 10.1. The topological polar surface area (TPSA) is 77.8 Å². The largest absolute Gasteiger partial charge is 0.494 e. The minimum Gasteiger partial charge on any atom is -0.494 e. The fourth-order valence-electron chi connectivity index (χ4n) is 2.88. The van der Waals surface area contributed by atoms with Crippen LogP contribution in [0.5, 0.6) is 5.75 Å². The summed E-state index contributed by atoms with van der Waals surface area (Å²) in [5.41, 5.74) is 3.29. The van der Waals surface area contributed by atoms with Gasteiger partial charge < -0.3 is 10.1 Å². The first-order chi connectivity index (χ1) is 14.2. The highest BCUT2D eigenvalue weighted by Crippen LogP contribution is 2.24. The molecule has 2 aromatic heterocycles. The summed E-state index contributed by atoms with van der Waals surface area (Å²) in [5, 5.41) is 15.5. The number of rotatable bonds is 7. The Hall–Kier alpha value is -3.81. The minimum absolute atomic E-state index is 0.182. The van der Waals surface area contributed by atoms with Crippen molar-refractivity contribution in [1.82, 2.24) is 25.0 Å². The second kappa shape index (κ2) is 8.47. The van der Waals surface area contributed by atoms with Crippen molar-refractivity contribution < 1.29 is 9.13 Å². The molecular formula is C21H19FN6O. The lowest BCUT2D eigenvalue weighted by molar-refractivity contribution is 0.386. The highest BCUT2D eigenvalue weighted by Gasteiger charge is 2.08. The molecule has 0 unspecified atom stereocenters. The van der Waals surface area contributed by atoms with Crippen LogP contribution >= 0.6 is 0 Å². The number of hydrogen-bond acceptors (Lipinski definition) is 6. The molecule has 0 saturated carbocycles. The second-order valence-electron chi connectivity index (χ2n) is 6.40. The lowest BCUT2D eigenvalue weighted by Crippen LogP contribution is -2.05. The molecule has 2 heterocycles. The van der Waals surface area contributed by atoms with Crippen molar-refractivity contribution >= 4 is 5.95 Å². The summed E-state index contributed by atoms with van der Waals surface area (Å²) in [7, 11) is 1.42. The van der Waals surface area contributed by atoms with Gasteiger partial charge >= 0.3 is 0 Å². The summed E-state index contributed by atoms with van der Waals surface area (Å²) >= 11 is 0. The fourth-order valence-corrected chi connectivity index (χ4v) is 2.88. The maximum Gasteiger partial charge on any atom is 0.243 e. The Morgan fingerprint density at radius 1 is 1.07 bits per heavy atom. The summed E-state index contributed by atoms with van der Waals surface area (Å²) in [6, 6.07) is 14.8. The van der Waals surface area contributed by atoms with Gasteiger partial charge in [-0.05, 0) is 23.8 Å². The van der Waals surface area contributed by atoms with Gasteiger partial charge in [-0.2, -0.15) is 10.2 Å². The molecule has 8 heteroatoms. The molecule has 7 nitrogen and oxygen atoms in total. The molecule has 0 spiro atoms. The van der Waals surface area contributed by atoms with Gasteiger partial charge in [0.15, 0.2) is 11.6 Å². The van der Waals surface area contributed by atoms with E-state index in [9.17, 15) is 4.39 Å². The van der Waals surface area contributed by atoms with E-state index >= 15 is 0 Å². The van der Waals surface area contributed by atoms with Gasteiger partial charge in [-0.1, -0.05) is 30.3 Å². The molecule has 146 valence electrons. The monoisotopic (exact) mass is 390 g/mol. The Labute approximate surface area is 167 Å². The summed E-state index contributed by atoms with van der Waals surface area (Å²) in [6.45, 7) is 1.20. The zero-order chi connectivity index (χ0) is 20.1. The third kappa shape index (κ3) is 4.55. The van der Waals surface area contributed by atoms with E-state index in [1.54, 1.807) is 18.3 Å². The maximum absolute atomic E-state index is 14.0. The zero-order valence-corrected chi connectivity index (χ0v) is 15.8. The van der Waals surface area contributed by atoms with Crippen molar-refractivity contribution in [3.05, 3.63) is 84.1 Å². The van der Waals surface area contributed by atoms with Crippen LogP contribution in [0, 0.1) is 5.82 Å². The van der Waals surface area contributed by atoms with Crippen LogP contribution < -0.4 is 10.1 Å². The van der Waals surface area contributed by atoms with Gasteiger partial charge in [0.2, 0.25) is 5.95 Å². The van der Waals surface area contributed by atoms with Crippen LogP contribution in [0.25, 0.3) is 11.3 Å². The van der Waals surface area contributed by atoms with Crippen LogP contribution in [-0.4, -0.2) is 32.1 Å². The lowest BCUT2D eigenvalue weighted by Gasteiger charge is -2.06. The molecule has 0 radical (unpaired) electrons. The van der Waals surface area contributed by atoms with Gasteiger partial charge in [-0.3, -0.25) is 4.68 Å². The molecule has 0 aliphatic rings. The number of methoxy groups -OCH3 is 1. The smallest absolute Gasteiger partial charge is 0.243 e. The van der Waals surface area contributed by atoms with Crippen molar-refractivity contribution in [1.29, 1.82) is 0 Å². The van der Waals surface area contributed by atoms with Crippen LogP contribution in [0.15, 0.2) is 67.1 Å². The van der Waals surface area contributed by atoms with E-state index < -0.39 is 5.82 Å². The number of benzene rings is 2. The van der Waals surface area contributed by atoms with E-state index in [-0.39, 0.29) is 5.75 Å². The van der Waals surface area contributed by atoms with E-state index in [1.165, 1.54) is 24.9 Å². The standard InChI is InChI=1S/C21H19FN6O/c1-29-20-8-7-17(9-18(20)22)19-12-24-27-21(26-19)23-10-16-11-25-28(14-16)13-15-5-3-2-4-6-15/h2-9,11-12,14H,10,13H2,1H3,(H,23,26,27). The average molecular weight is 390 g/mol. The quantitative estimate of drug-likeness (QED) is 0.520. The maximum atomic E-state index is 14.0. The third-order valence-corrected chi connectivity index (χ3v) is 4.33. The normalized spacial score (nSPS) is 10.7. The van der Waals surface area contributed by atoms with Crippen LogP contribution in [-0.2, 0) is 13.1 Å². The molecule has 2 aromatic carbocycles. The molecular weight excluding hydrogens is 371 g/mol. The van der Waals surface area contributed by atoms with Gasteiger partial charge in [0.1, 0.15) is 0 Å². The molecule has 0 saturated heterocycles. The number of aromatic nitrogens is 5. The molecule has 0 atom stereocenters. The Kier molecular flexibility index (Phi) is 5.42. The minimum atomic E-state index is -0.455. The first-order valence-corrected chi connectivity index (χ1v) is 9.04. The molecule has 0 amide bonds. The summed E-state index contributed by atoms with van der Waals surface area (Å²) in [5.74, 6) is 0.0834. The summed E-state index contributed by atoms with van der Waals surface area (Å²) < 4.78 is 20.8. The first kappa shape index (κ1) is 18.5. The van der Waals surface area contributed by atoms with E-state index in [0.29, 0.717) is 30.3 Å². The van der Waals surface area contributed by atoms with Crippen LogP contribution in [0.4, 0.5) is 10.3 Å². The summed E-state index contributed by atoms with van der Waals surface area (Å²) in [6.07, 6.45) is 5.26. The van der Waals surface area contributed by atoms with E-state index in [2.05, 4.69) is 37.7 Å². The molecule has 4 aromatic rings. The van der Waals surface area contributed by atoms with Crippen molar-refractivity contribution in [3.63, 3.8) is 0 Å². The summed E-state index contributed by atoms with van der Waals surface area (Å²) in [4.78, 5) is 4.41. The molecule has 1 N–H and O–H groups in total. The molecule has 4 rings (SSSR count). The van der Waals surface area contributed by atoms with Crippen molar-refractivity contribution in [2.45, 2.75) is 13.1 Å². The Balaban J connectivity index is 1.42. The number of nitrogens with one attached hydrogen (secondary N) is 1.